The number of hydrogen-bond donors (Lipinski definition) is 0. The van der Waals surface area contributed by atoms with E-state index in [1.54, 1.807) is 0 Å². The van der Waals surface area contributed by atoms with Crippen LogP contribution in [0, 0.1) is 6.92 Å². The number of rotatable bonds is 4. The highest BCUT2D eigenvalue weighted by atomic mass is 32.4. The Hall–Kier alpha value is -1.84. The number of nitrogens with zero attached hydrogens (tertiary/aromatic N) is 1. The number of aryl methyl sites for hydroxylation is 1. The normalized spacial score (nSPS) is 12.2. The van der Waals surface area contributed by atoms with Crippen molar-refractivity contribution in [1.82, 2.24) is 0 Å². The Kier molecular flexibility index (Phi) is 4.92. The Morgan fingerprint density at radius 2 is 1.62 bits per heavy atom. The summed E-state index contributed by atoms with van der Waals surface area (Å²) < 4.78 is 0. The first-order valence-electron chi connectivity index (χ1n) is 8.24. The lowest BCUT2D eigenvalue weighted by Gasteiger charge is -2.17. The number of aliphatic imine (C=N–C) groups is 1. The fourth-order valence-electron chi connectivity index (χ4n) is 2.70. The number of hydrogen-bond acceptors (Lipinski definition) is 2. The van der Waals surface area contributed by atoms with Crippen LogP contribution in [0.3, 0.4) is 0 Å². The van der Waals surface area contributed by atoms with Gasteiger partial charge in [0.2, 0.25) is 0 Å². The first kappa shape index (κ1) is 17.0. The molecule has 0 fully saturated rings. The predicted molar refractivity (Wildman–Crippen MR) is 112 cm³/mol. The van der Waals surface area contributed by atoms with E-state index in [4.69, 9.17) is 4.99 Å². The Balaban J connectivity index is 2.07. The van der Waals surface area contributed by atoms with Crippen LogP contribution < -0.4 is 0 Å². The van der Waals surface area contributed by atoms with Crippen molar-refractivity contribution >= 4 is 41.1 Å². The molecule has 0 saturated heterocycles. The van der Waals surface area contributed by atoms with Crippen molar-refractivity contribution in [1.29, 1.82) is 0 Å². The van der Waals surface area contributed by atoms with Crippen LogP contribution in [0.1, 0.15) is 11.1 Å². The largest absolute Gasteiger partial charge is 0.256 e. The van der Waals surface area contributed by atoms with Gasteiger partial charge in [-0.05, 0) is 30.0 Å². The zero-order chi connectivity index (χ0) is 17.2. The number of benzene rings is 3. The molecule has 0 bridgehead atoms. The van der Waals surface area contributed by atoms with Crippen LogP contribution in [0.2, 0.25) is 19.6 Å². The molecule has 0 heterocycles. The van der Waals surface area contributed by atoms with E-state index in [1.807, 2.05) is 17.4 Å². The molecule has 3 heteroatoms. The van der Waals surface area contributed by atoms with Gasteiger partial charge in [0.25, 0.3) is 0 Å². The van der Waals surface area contributed by atoms with Crippen LogP contribution in [0.4, 0.5) is 5.69 Å². The summed E-state index contributed by atoms with van der Waals surface area (Å²) in [4.78, 5) is 6.16. The standard InChI is InChI=1S/C21H23NSSi/c1-16-8-5-9-17(14-16)15-22-19-12-6-10-18-11-7-13-20(21(18)19)23-24(2,3)4/h5-15H,1-4H3/b22-15-. The van der Waals surface area contributed by atoms with Gasteiger partial charge in [-0.25, -0.2) is 0 Å². The van der Waals surface area contributed by atoms with Gasteiger partial charge < -0.3 is 0 Å². The third kappa shape index (κ3) is 4.16. The summed E-state index contributed by atoms with van der Waals surface area (Å²) in [6.07, 6.45) is 1.97. The highest BCUT2D eigenvalue weighted by molar-refractivity contribution is 8.28. The maximum absolute atomic E-state index is 4.81. The van der Waals surface area contributed by atoms with Crippen molar-refractivity contribution in [3.8, 4) is 0 Å². The first-order valence-corrected chi connectivity index (χ1v) is 13.3. The molecule has 3 aromatic carbocycles. The summed E-state index contributed by atoms with van der Waals surface area (Å²) in [6.45, 7) is 9.26. The minimum atomic E-state index is -1.27. The third-order valence-electron chi connectivity index (χ3n) is 3.66. The highest BCUT2D eigenvalue weighted by Crippen LogP contribution is 2.38. The Morgan fingerprint density at radius 1 is 0.917 bits per heavy atom. The van der Waals surface area contributed by atoms with E-state index in [-0.39, 0.29) is 0 Å². The van der Waals surface area contributed by atoms with Crippen molar-refractivity contribution in [3.05, 3.63) is 71.8 Å². The van der Waals surface area contributed by atoms with Gasteiger partial charge >= 0.3 is 0 Å². The third-order valence-corrected chi connectivity index (χ3v) is 7.32. The molecule has 122 valence electrons. The molecule has 0 aliphatic carbocycles. The molecule has 0 spiro atoms. The Morgan fingerprint density at radius 3 is 2.33 bits per heavy atom. The van der Waals surface area contributed by atoms with E-state index in [9.17, 15) is 0 Å². The van der Waals surface area contributed by atoms with E-state index in [0.717, 1.165) is 11.3 Å². The van der Waals surface area contributed by atoms with Gasteiger partial charge in [-0.2, -0.15) is 11.2 Å². The van der Waals surface area contributed by atoms with E-state index in [1.165, 1.54) is 21.2 Å². The van der Waals surface area contributed by atoms with Gasteiger partial charge in [0, 0.05) is 16.5 Å². The SMILES string of the molecule is Cc1cccc(/C=N\c2cccc3cccc(S[Si](C)(C)C)c23)c1. The molecule has 0 atom stereocenters. The molecule has 0 radical (unpaired) electrons. The molecule has 0 aromatic heterocycles. The van der Waals surface area contributed by atoms with Crippen LogP contribution in [-0.4, -0.2) is 13.4 Å². The first-order chi connectivity index (χ1) is 11.4. The predicted octanol–water partition coefficient (Wildman–Crippen LogP) is 6.83. The molecule has 0 aliphatic heterocycles. The van der Waals surface area contributed by atoms with Gasteiger partial charge in [0.05, 0.1) is 5.69 Å². The van der Waals surface area contributed by atoms with Gasteiger partial charge in [-0.1, -0.05) is 73.7 Å². The fraction of sp³-hybridized carbons (Fsp3) is 0.190. The van der Waals surface area contributed by atoms with E-state index >= 15 is 0 Å². The summed E-state index contributed by atoms with van der Waals surface area (Å²) in [5.74, 6) is 0. The van der Waals surface area contributed by atoms with Gasteiger partial charge in [-0.15, -0.1) is 0 Å². The zero-order valence-corrected chi connectivity index (χ0v) is 16.5. The Labute approximate surface area is 149 Å². The molecule has 1 nitrogen and oxygen atoms in total. The van der Waals surface area contributed by atoms with Crippen molar-refractivity contribution in [2.24, 2.45) is 4.99 Å². The molecular formula is C21H23NSSi. The monoisotopic (exact) mass is 349 g/mol. The van der Waals surface area contributed by atoms with Crippen LogP contribution in [0.5, 0.6) is 0 Å². The minimum Gasteiger partial charge on any atom is -0.256 e. The second-order valence-corrected chi connectivity index (χ2v) is 16.2. The second kappa shape index (κ2) is 6.95. The molecule has 0 saturated carbocycles. The van der Waals surface area contributed by atoms with Crippen molar-refractivity contribution < 1.29 is 0 Å². The van der Waals surface area contributed by atoms with Gasteiger partial charge in [0.15, 0.2) is 0 Å². The van der Waals surface area contributed by atoms with Gasteiger partial charge in [0.1, 0.15) is 7.22 Å². The Bertz CT molecular complexity index is 888. The molecule has 0 unspecified atom stereocenters. The topological polar surface area (TPSA) is 12.4 Å². The highest BCUT2D eigenvalue weighted by Gasteiger charge is 2.17. The van der Waals surface area contributed by atoms with E-state index < -0.39 is 7.22 Å². The summed E-state index contributed by atoms with van der Waals surface area (Å²) in [5.41, 5.74) is 3.45. The maximum atomic E-state index is 4.81. The molecule has 3 aromatic rings. The lowest BCUT2D eigenvalue weighted by atomic mass is 10.1. The molecule has 0 N–H and O–H groups in total. The quantitative estimate of drug-likeness (QED) is 0.371. The minimum absolute atomic E-state index is 1.05. The molecule has 3 rings (SSSR count). The second-order valence-electron chi connectivity index (χ2n) is 7.02. The van der Waals surface area contributed by atoms with Gasteiger partial charge in [-0.3, -0.25) is 4.99 Å². The molecule has 0 aliphatic rings. The lowest BCUT2D eigenvalue weighted by Crippen LogP contribution is -2.13. The maximum Gasteiger partial charge on any atom is 0.114 e. The van der Waals surface area contributed by atoms with Crippen LogP contribution in [0.15, 0.2) is 70.6 Å². The lowest BCUT2D eigenvalue weighted by molar-refractivity contribution is 1.45. The zero-order valence-electron chi connectivity index (χ0n) is 14.7. The van der Waals surface area contributed by atoms with E-state index in [0.29, 0.717) is 0 Å². The van der Waals surface area contributed by atoms with Crippen molar-refractivity contribution in [3.63, 3.8) is 0 Å². The van der Waals surface area contributed by atoms with Crippen LogP contribution >= 0.6 is 11.2 Å². The van der Waals surface area contributed by atoms with Crippen LogP contribution in [0.25, 0.3) is 10.8 Å². The smallest absolute Gasteiger partial charge is 0.114 e. The average Bonchev–Trinajstić information content (AvgIpc) is 2.51. The summed E-state index contributed by atoms with van der Waals surface area (Å²) in [6, 6.07) is 21.4. The molecule has 0 amide bonds. The summed E-state index contributed by atoms with van der Waals surface area (Å²) in [7, 11) is -1.27. The van der Waals surface area contributed by atoms with Crippen molar-refractivity contribution in [2.75, 3.05) is 0 Å². The van der Waals surface area contributed by atoms with E-state index in [2.05, 4.69) is 87.2 Å². The average molecular weight is 350 g/mol. The summed E-state index contributed by atoms with van der Waals surface area (Å²) in [5, 5.41) is 2.54. The van der Waals surface area contributed by atoms with Crippen LogP contribution in [-0.2, 0) is 0 Å². The molecule has 24 heavy (non-hydrogen) atoms. The fourth-order valence-corrected chi connectivity index (χ4v) is 6.32. The molecular weight excluding hydrogens is 326 g/mol. The summed E-state index contributed by atoms with van der Waals surface area (Å²) >= 11 is 2.03. The number of fused-ring (bicyclic) bond motifs is 1. The van der Waals surface area contributed by atoms with Crippen molar-refractivity contribution in [2.45, 2.75) is 31.5 Å².